The van der Waals surface area contributed by atoms with Gasteiger partial charge in [0.25, 0.3) is 5.56 Å². The topological polar surface area (TPSA) is 81.0 Å². The molecule has 2 N–H and O–H groups in total. The lowest BCUT2D eigenvalue weighted by atomic mass is 9.83. The number of para-hydroxylation sites is 1. The minimum Gasteiger partial charge on any atom is -0.439 e. The van der Waals surface area contributed by atoms with Gasteiger partial charge in [0, 0.05) is 12.4 Å². The van der Waals surface area contributed by atoms with Gasteiger partial charge in [0.05, 0.1) is 17.0 Å². The van der Waals surface area contributed by atoms with E-state index in [1.807, 2.05) is 55.5 Å². The number of nitriles is 1. The highest BCUT2D eigenvalue weighted by atomic mass is 16.5. The van der Waals surface area contributed by atoms with Gasteiger partial charge in [-0.25, -0.2) is 0 Å². The van der Waals surface area contributed by atoms with Crippen LogP contribution in [0.1, 0.15) is 22.6 Å². The van der Waals surface area contributed by atoms with Gasteiger partial charge in [-0.1, -0.05) is 42.0 Å². The zero-order valence-corrected chi connectivity index (χ0v) is 14.5. The molecule has 1 aliphatic heterocycles. The molecule has 2 aromatic carbocycles. The summed E-state index contributed by atoms with van der Waals surface area (Å²) in [5.74, 6) is -0.0672. The predicted molar refractivity (Wildman–Crippen MR) is 99.7 cm³/mol. The molecule has 0 fully saturated rings. The summed E-state index contributed by atoms with van der Waals surface area (Å²) in [6, 6.07) is 17.4. The molecule has 4 rings (SSSR count). The molecule has 3 aromatic rings. The average molecular weight is 343 g/mol. The molecule has 0 amide bonds. The van der Waals surface area contributed by atoms with E-state index in [1.165, 1.54) is 0 Å². The van der Waals surface area contributed by atoms with Gasteiger partial charge in [-0.2, -0.15) is 5.26 Å². The largest absolute Gasteiger partial charge is 0.439 e. The van der Waals surface area contributed by atoms with Crippen molar-refractivity contribution in [2.45, 2.75) is 12.8 Å². The molecule has 0 bridgehead atoms. The molecular formula is C21H17N3O2. The van der Waals surface area contributed by atoms with Crippen molar-refractivity contribution < 1.29 is 4.74 Å². The fourth-order valence-corrected chi connectivity index (χ4v) is 3.52. The van der Waals surface area contributed by atoms with E-state index in [0.717, 1.165) is 22.0 Å². The summed E-state index contributed by atoms with van der Waals surface area (Å²) in [5, 5.41) is 10.5. The van der Waals surface area contributed by atoms with E-state index in [0.29, 0.717) is 11.3 Å². The Bertz CT molecular complexity index is 1160. The van der Waals surface area contributed by atoms with Crippen LogP contribution in [0.3, 0.4) is 0 Å². The van der Waals surface area contributed by atoms with Crippen molar-refractivity contribution in [2.75, 3.05) is 0 Å². The molecule has 1 aromatic heterocycles. The number of nitrogens with two attached hydrogens (primary N) is 1. The summed E-state index contributed by atoms with van der Waals surface area (Å²) in [6.45, 7) is 1.99. The zero-order chi connectivity index (χ0) is 18.4. The maximum atomic E-state index is 13.2. The highest BCUT2D eigenvalue weighted by molar-refractivity contribution is 5.88. The van der Waals surface area contributed by atoms with Crippen LogP contribution in [-0.2, 0) is 7.05 Å². The summed E-state index contributed by atoms with van der Waals surface area (Å²) >= 11 is 0. The fourth-order valence-electron chi connectivity index (χ4n) is 3.52. The van der Waals surface area contributed by atoms with Crippen molar-refractivity contribution in [1.29, 1.82) is 5.26 Å². The molecular weight excluding hydrogens is 326 g/mol. The van der Waals surface area contributed by atoms with E-state index < -0.39 is 5.92 Å². The Hall–Kier alpha value is -3.52. The highest BCUT2D eigenvalue weighted by Crippen LogP contribution is 2.43. The summed E-state index contributed by atoms with van der Waals surface area (Å²) in [7, 11) is 1.73. The van der Waals surface area contributed by atoms with Gasteiger partial charge in [-0.3, -0.25) is 4.79 Å². The van der Waals surface area contributed by atoms with Gasteiger partial charge >= 0.3 is 0 Å². The van der Waals surface area contributed by atoms with Crippen molar-refractivity contribution >= 4 is 10.9 Å². The third-order valence-electron chi connectivity index (χ3n) is 4.88. The first-order valence-electron chi connectivity index (χ1n) is 8.28. The lowest BCUT2D eigenvalue weighted by Gasteiger charge is -2.27. The fraction of sp³-hybridized carbons (Fsp3) is 0.143. The van der Waals surface area contributed by atoms with Crippen molar-refractivity contribution in [3.63, 3.8) is 0 Å². The molecule has 128 valence electrons. The second-order valence-electron chi connectivity index (χ2n) is 6.46. The monoisotopic (exact) mass is 343 g/mol. The Balaban J connectivity index is 2.12. The Labute approximate surface area is 150 Å². The van der Waals surface area contributed by atoms with Crippen LogP contribution in [0.4, 0.5) is 0 Å². The quantitative estimate of drug-likeness (QED) is 0.736. The molecule has 1 aliphatic rings. The Morgan fingerprint density at radius 3 is 2.54 bits per heavy atom. The number of nitrogens with zero attached hydrogens (tertiary/aromatic N) is 2. The number of aromatic nitrogens is 1. The maximum absolute atomic E-state index is 13.2. The summed E-state index contributed by atoms with van der Waals surface area (Å²) < 4.78 is 7.37. The smallest absolute Gasteiger partial charge is 0.258 e. The molecule has 2 heterocycles. The van der Waals surface area contributed by atoms with Crippen LogP contribution in [0, 0.1) is 18.3 Å². The summed E-state index contributed by atoms with van der Waals surface area (Å²) in [5.41, 5.74) is 9.28. The first-order valence-corrected chi connectivity index (χ1v) is 8.28. The van der Waals surface area contributed by atoms with Crippen LogP contribution < -0.4 is 16.0 Å². The number of aryl methyl sites for hydroxylation is 2. The van der Waals surface area contributed by atoms with Crippen LogP contribution in [-0.4, -0.2) is 4.57 Å². The van der Waals surface area contributed by atoms with E-state index in [2.05, 4.69) is 6.07 Å². The summed E-state index contributed by atoms with van der Waals surface area (Å²) in [6.07, 6.45) is 0. The number of pyridine rings is 1. The molecule has 0 spiro atoms. The first kappa shape index (κ1) is 16.0. The molecule has 26 heavy (non-hydrogen) atoms. The van der Waals surface area contributed by atoms with Crippen molar-refractivity contribution in [2.24, 2.45) is 12.8 Å². The second kappa shape index (κ2) is 5.78. The Morgan fingerprint density at radius 2 is 1.85 bits per heavy atom. The van der Waals surface area contributed by atoms with Gasteiger partial charge < -0.3 is 15.0 Å². The number of hydrogen-bond acceptors (Lipinski definition) is 4. The van der Waals surface area contributed by atoms with Gasteiger partial charge in [0.15, 0.2) is 0 Å². The lowest BCUT2D eigenvalue weighted by molar-refractivity contribution is 0.396. The predicted octanol–water partition coefficient (Wildman–Crippen LogP) is 3.07. The number of benzene rings is 2. The molecule has 1 atom stereocenters. The highest BCUT2D eigenvalue weighted by Gasteiger charge is 2.35. The van der Waals surface area contributed by atoms with Crippen molar-refractivity contribution in [1.82, 2.24) is 4.57 Å². The van der Waals surface area contributed by atoms with E-state index in [4.69, 9.17) is 10.5 Å². The average Bonchev–Trinajstić information content (AvgIpc) is 2.66. The Kier molecular flexibility index (Phi) is 3.55. The van der Waals surface area contributed by atoms with Crippen LogP contribution in [0.2, 0.25) is 0 Å². The number of ether oxygens (including phenoxy) is 1. The lowest BCUT2D eigenvalue weighted by Crippen LogP contribution is -2.31. The van der Waals surface area contributed by atoms with Gasteiger partial charge in [0.2, 0.25) is 5.88 Å². The van der Waals surface area contributed by atoms with Crippen LogP contribution in [0.15, 0.2) is 64.8 Å². The third-order valence-corrected chi connectivity index (χ3v) is 4.88. The van der Waals surface area contributed by atoms with E-state index in [9.17, 15) is 10.1 Å². The first-order chi connectivity index (χ1) is 12.5. The SMILES string of the molecule is Cc1ccc(C2C(C#N)=C(N)Oc3c2c(=O)n(C)c2ccccc32)cc1. The molecule has 0 aliphatic carbocycles. The zero-order valence-electron chi connectivity index (χ0n) is 14.5. The van der Waals surface area contributed by atoms with E-state index >= 15 is 0 Å². The van der Waals surface area contributed by atoms with Crippen molar-refractivity contribution in [3.05, 3.63) is 87.0 Å². The van der Waals surface area contributed by atoms with Gasteiger partial charge in [-0.05, 0) is 24.6 Å². The molecule has 1 unspecified atom stereocenters. The van der Waals surface area contributed by atoms with Gasteiger partial charge in [-0.15, -0.1) is 0 Å². The third kappa shape index (κ3) is 2.20. The second-order valence-corrected chi connectivity index (χ2v) is 6.46. The number of allylic oxidation sites excluding steroid dienone is 1. The molecule has 5 nitrogen and oxygen atoms in total. The van der Waals surface area contributed by atoms with Gasteiger partial charge in [0.1, 0.15) is 17.4 Å². The molecule has 0 saturated carbocycles. The maximum Gasteiger partial charge on any atom is 0.258 e. The molecule has 0 radical (unpaired) electrons. The standard InChI is InChI=1S/C21H17N3O2/c1-12-7-9-13(10-8-12)17-15(11-22)20(23)26-19-14-5-3-4-6-16(14)24(2)21(25)18(17)19/h3-10,17H,23H2,1-2H3. The minimum atomic E-state index is -0.548. The number of fused-ring (bicyclic) bond motifs is 3. The van der Waals surface area contributed by atoms with Crippen LogP contribution >= 0.6 is 0 Å². The van der Waals surface area contributed by atoms with Crippen LogP contribution in [0.25, 0.3) is 10.9 Å². The normalized spacial score (nSPS) is 16.1. The summed E-state index contributed by atoms with van der Waals surface area (Å²) in [4.78, 5) is 13.2. The van der Waals surface area contributed by atoms with Crippen LogP contribution in [0.5, 0.6) is 5.75 Å². The van der Waals surface area contributed by atoms with E-state index in [1.54, 1.807) is 11.6 Å². The Morgan fingerprint density at radius 1 is 1.15 bits per heavy atom. The minimum absolute atomic E-state index is 0.0454. The molecule has 0 saturated heterocycles. The van der Waals surface area contributed by atoms with E-state index in [-0.39, 0.29) is 17.0 Å². The number of hydrogen-bond donors (Lipinski definition) is 1. The number of rotatable bonds is 1. The van der Waals surface area contributed by atoms with Crippen molar-refractivity contribution in [3.8, 4) is 11.8 Å². The molecule has 5 heteroatoms.